The van der Waals surface area contributed by atoms with Crippen molar-refractivity contribution in [1.82, 2.24) is 9.29 Å². The molecule has 0 fully saturated rings. The highest BCUT2D eigenvalue weighted by molar-refractivity contribution is 7.90. The van der Waals surface area contributed by atoms with Crippen LogP contribution in [0.4, 0.5) is 30.7 Å². The van der Waals surface area contributed by atoms with Gasteiger partial charge in [-0.3, -0.25) is 0 Å². The topological polar surface area (TPSA) is 40.0 Å². The molecule has 0 aliphatic rings. The number of aromatic nitrogens is 1. The van der Waals surface area contributed by atoms with Crippen molar-refractivity contribution in [2.24, 2.45) is 5.92 Å². The number of benzene rings is 2. The van der Waals surface area contributed by atoms with Crippen LogP contribution in [0.1, 0.15) is 51.8 Å². The summed E-state index contributed by atoms with van der Waals surface area (Å²) < 4.78 is 112. The lowest BCUT2D eigenvalue weighted by Crippen LogP contribution is -2.45. The molecule has 1 N–H and O–H groups in total. The Labute approximate surface area is 208 Å². The minimum Gasteiger partial charge on any atom is -0.598 e. The number of fused-ring (bicyclic) bond motifs is 1. The maximum absolute atomic E-state index is 14.2. The van der Waals surface area contributed by atoms with Gasteiger partial charge in [0, 0.05) is 40.6 Å². The number of rotatable bonds is 6. The molecule has 0 unspecified atom stereocenters. The lowest BCUT2D eigenvalue weighted by molar-refractivity contribution is -0.152. The first-order chi connectivity index (χ1) is 16.4. The highest BCUT2D eigenvalue weighted by Gasteiger charge is 2.47. The fourth-order valence-electron chi connectivity index (χ4n) is 3.86. The third kappa shape index (κ3) is 6.18. The fourth-order valence-corrected chi connectivity index (χ4v) is 4.68. The van der Waals surface area contributed by atoms with Crippen LogP contribution >= 0.6 is 0 Å². The molecular weight excluding hydrogens is 509 g/mol. The van der Waals surface area contributed by atoms with E-state index in [1.54, 1.807) is 25.3 Å². The molecule has 0 saturated heterocycles. The smallest absolute Gasteiger partial charge is 0.417 e. The summed E-state index contributed by atoms with van der Waals surface area (Å²) >= 11 is -2.05. The molecule has 0 aliphatic heterocycles. The van der Waals surface area contributed by atoms with Crippen molar-refractivity contribution >= 4 is 22.3 Å². The highest BCUT2D eigenvalue weighted by Crippen LogP contribution is 2.42. The largest absolute Gasteiger partial charge is 0.598 e. The number of hydrogen-bond acceptors (Lipinski definition) is 2. The minimum absolute atomic E-state index is 0.00895. The van der Waals surface area contributed by atoms with E-state index < -0.39 is 45.9 Å². The molecule has 0 amide bonds. The molecule has 198 valence electrons. The van der Waals surface area contributed by atoms with Crippen LogP contribution in [0.15, 0.2) is 42.6 Å². The van der Waals surface area contributed by atoms with Gasteiger partial charge in [-0.05, 0) is 56.0 Å². The zero-order valence-corrected chi connectivity index (χ0v) is 21.1. The van der Waals surface area contributed by atoms with Gasteiger partial charge in [-0.2, -0.15) is 26.3 Å². The van der Waals surface area contributed by atoms with Gasteiger partial charge in [-0.15, -0.1) is 4.72 Å². The summed E-state index contributed by atoms with van der Waals surface area (Å²) in [5.41, 5.74) is -1.29. The quantitative estimate of drug-likeness (QED) is 0.258. The molecule has 0 saturated carbocycles. The summed E-state index contributed by atoms with van der Waals surface area (Å²) in [6, 6.07) is 4.00. The van der Waals surface area contributed by atoms with Gasteiger partial charge >= 0.3 is 12.4 Å². The van der Waals surface area contributed by atoms with Crippen molar-refractivity contribution in [2.75, 3.05) is 0 Å². The van der Waals surface area contributed by atoms with Gasteiger partial charge in [-0.1, -0.05) is 32.0 Å². The lowest BCUT2D eigenvalue weighted by Gasteiger charge is -2.29. The van der Waals surface area contributed by atoms with Gasteiger partial charge in [0.2, 0.25) is 0 Å². The van der Waals surface area contributed by atoms with Crippen molar-refractivity contribution in [3.63, 3.8) is 0 Å². The highest BCUT2D eigenvalue weighted by atomic mass is 32.2. The molecule has 0 bridgehead atoms. The summed E-state index contributed by atoms with van der Waals surface area (Å²) in [4.78, 5) is 0. The summed E-state index contributed by atoms with van der Waals surface area (Å²) in [6.07, 6.45) is -8.33. The van der Waals surface area contributed by atoms with Crippen LogP contribution in [0.3, 0.4) is 0 Å². The van der Waals surface area contributed by atoms with Gasteiger partial charge in [0.15, 0.2) is 6.04 Å². The second-order valence-corrected chi connectivity index (χ2v) is 12.0. The molecule has 1 aromatic heterocycles. The standard InChI is InChI=1S/C25H27F7N2OS/c1-14(2)12-34-13-19(22(25(30,31)32)33-36(35)23(3,4)5)18-8-6-15(10-21(18)34)17-9-7-16(26)11-20(17)24(27,28)29/h6-11,13-14,22,33H,12H2,1-5H3/t22-,36-/m0/s1. The zero-order chi connectivity index (χ0) is 27.2. The van der Waals surface area contributed by atoms with Crippen molar-refractivity contribution in [3.05, 3.63) is 59.5 Å². The average molecular weight is 537 g/mol. The normalized spacial score (nSPS) is 15.1. The molecule has 2 atom stereocenters. The van der Waals surface area contributed by atoms with Gasteiger partial charge in [0.1, 0.15) is 10.6 Å². The number of alkyl halides is 6. The van der Waals surface area contributed by atoms with Crippen LogP contribution in [-0.2, 0) is 24.1 Å². The van der Waals surface area contributed by atoms with E-state index in [0.29, 0.717) is 12.6 Å². The third-order valence-electron chi connectivity index (χ3n) is 5.49. The van der Waals surface area contributed by atoms with Crippen molar-refractivity contribution < 1.29 is 35.3 Å². The minimum atomic E-state index is -4.83. The number of nitrogens with one attached hydrogen (secondary N) is 1. The van der Waals surface area contributed by atoms with Gasteiger partial charge in [0.25, 0.3) is 0 Å². The fraction of sp³-hybridized carbons (Fsp3) is 0.440. The summed E-state index contributed by atoms with van der Waals surface area (Å²) in [5.74, 6) is -1.04. The van der Waals surface area contributed by atoms with E-state index in [1.807, 2.05) is 13.8 Å². The van der Waals surface area contributed by atoms with E-state index >= 15 is 0 Å². The predicted octanol–water partition coefficient (Wildman–Crippen LogP) is 7.78. The molecule has 0 aliphatic carbocycles. The Morgan fingerprint density at radius 3 is 2.14 bits per heavy atom. The van der Waals surface area contributed by atoms with E-state index in [9.17, 15) is 35.3 Å². The number of hydrogen-bond donors (Lipinski definition) is 1. The Kier molecular flexibility index (Phi) is 7.80. The summed E-state index contributed by atoms with van der Waals surface area (Å²) in [5, 5.41) is 0.163. The molecular formula is C25H27F7N2OS. The van der Waals surface area contributed by atoms with Crippen LogP contribution < -0.4 is 4.72 Å². The van der Waals surface area contributed by atoms with Gasteiger partial charge in [-0.25, -0.2) is 4.39 Å². The predicted molar refractivity (Wildman–Crippen MR) is 127 cm³/mol. The SMILES string of the molecule is CC(C)Cn1cc([C@H](N[S@@+]([O-])C(C)(C)C)C(F)(F)F)c2ccc(-c3ccc(F)cc3C(F)(F)F)cc21. The molecule has 3 nitrogen and oxygen atoms in total. The van der Waals surface area contributed by atoms with Gasteiger partial charge < -0.3 is 9.12 Å². The maximum atomic E-state index is 14.2. The number of halogens is 7. The molecule has 3 rings (SSSR count). The van der Waals surface area contributed by atoms with Crippen LogP contribution in [0.2, 0.25) is 0 Å². The zero-order valence-electron chi connectivity index (χ0n) is 20.3. The Morgan fingerprint density at radius 1 is 0.972 bits per heavy atom. The van der Waals surface area contributed by atoms with E-state index in [0.717, 1.165) is 12.1 Å². The third-order valence-corrected chi connectivity index (χ3v) is 7.05. The van der Waals surface area contributed by atoms with Crippen LogP contribution in [0.5, 0.6) is 0 Å². The van der Waals surface area contributed by atoms with Crippen LogP contribution in [0.25, 0.3) is 22.0 Å². The first-order valence-electron chi connectivity index (χ1n) is 11.1. The van der Waals surface area contributed by atoms with Crippen molar-refractivity contribution in [1.29, 1.82) is 0 Å². The second-order valence-electron chi connectivity index (χ2n) is 10.0. The lowest BCUT2D eigenvalue weighted by atomic mass is 9.97. The van der Waals surface area contributed by atoms with E-state index in [4.69, 9.17) is 0 Å². The van der Waals surface area contributed by atoms with Crippen LogP contribution in [-0.4, -0.2) is 20.0 Å². The molecule has 3 aromatic rings. The van der Waals surface area contributed by atoms with Crippen molar-refractivity contribution in [2.45, 2.75) is 64.3 Å². The van der Waals surface area contributed by atoms with Gasteiger partial charge in [0.05, 0.1) is 5.56 Å². The Bertz CT molecular complexity index is 1230. The molecule has 0 spiro atoms. The first kappa shape index (κ1) is 28.3. The molecule has 11 heteroatoms. The van der Waals surface area contributed by atoms with Crippen LogP contribution in [0, 0.1) is 11.7 Å². The monoisotopic (exact) mass is 536 g/mol. The first-order valence-corrected chi connectivity index (χ1v) is 12.3. The average Bonchev–Trinajstić information content (AvgIpc) is 3.06. The molecule has 0 radical (unpaired) electrons. The summed E-state index contributed by atoms with van der Waals surface area (Å²) in [7, 11) is 0. The Morgan fingerprint density at radius 2 is 1.61 bits per heavy atom. The van der Waals surface area contributed by atoms with E-state index in [1.165, 1.54) is 24.4 Å². The molecule has 36 heavy (non-hydrogen) atoms. The summed E-state index contributed by atoms with van der Waals surface area (Å²) in [6.45, 7) is 8.62. The maximum Gasteiger partial charge on any atom is 0.417 e. The number of nitrogens with zero attached hydrogens (tertiary/aromatic N) is 1. The Hall–Kier alpha value is -2.24. The second kappa shape index (κ2) is 9.90. The van der Waals surface area contributed by atoms with E-state index in [-0.39, 0.29) is 33.5 Å². The van der Waals surface area contributed by atoms with E-state index in [2.05, 4.69) is 4.72 Å². The molecule has 2 aromatic carbocycles. The van der Waals surface area contributed by atoms with Crippen molar-refractivity contribution in [3.8, 4) is 11.1 Å². The Balaban J connectivity index is 2.24. The molecule has 1 heterocycles.